The lowest BCUT2D eigenvalue weighted by molar-refractivity contribution is 0.611. The summed E-state index contributed by atoms with van der Waals surface area (Å²) in [6, 6.07) is 7.21. The molecule has 1 aliphatic rings. The van der Waals surface area contributed by atoms with Gasteiger partial charge >= 0.3 is 0 Å². The molecule has 1 heterocycles. The number of benzene rings is 1. The Balaban J connectivity index is 2.23. The summed E-state index contributed by atoms with van der Waals surface area (Å²) in [4.78, 5) is 0. The fourth-order valence-corrected chi connectivity index (χ4v) is 2.76. The van der Waals surface area contributed by atoms with Crippen molar-refractivity contribution in [1.82, 2.24) is 5.32 Å². The molecule has 2 unspecified atom stereocenters. The Kier molecular flexibility index (Phi) is 2.93. The minimum absolute atomic E-state index is 0.557. The molecular formula is C12H16BrN. The van der Waals surface area contributed by atoms with Gasteiger partial charge in [0.25, 0.3) is 0 Å². The van der Waals surface area contributed by atoms with E-state index in [0.29, 0.717) is 6.04 Å². The van der Waals surface area contributed by atoms with Gasteiger partial charge in [-0.05, 0) is 49.1 Å². The van der Waals surface area contributed by atoms with Crippen molar-refractivity contribution in [2.24, 2.45) is 5.92 Å². The van der Waals surface area contributed by atoms with Gasteiger partial charge in [-0.25, -0.2) is 0 Å². The first-order chi connectivity index (χ1) is 6.65. The molecule has 14 heavy (non-hydrogen) atoms. The van der Waals surface area contributed by atoms with Crippen molar-refractivity contribution in [3.8, 4) is 0 Å². The minimum atomic E-state index is 0.557. The van der Waals surface area contributed by atoms with Gasteiger partial charge in [0.15, 0.2) is 0 Å². The fraction of sp³-hybridized carbons (Fsp3) is 0.500. The molecule has 0 amide bonds. The van der Waals surface area contributed by atoms with Crippen LogP contribution in [0.1, 0.15) is 30.5 Å². The van der Waals surface area contributed by atoms with Crippen molar-refractivity contribution in [2.75, 3.05) is 6.54 Å². The predicted octanol–water partition coefficient (Wildman–Crippen LogP) is 3.43. The summed E-state index contributed by atoms with van der Waals surface area (Å²) in [5, 5.41) is 3.56. The number of aryl methyl sites for hydroxylation is 1. The van der Waals surface area contributed by atoms with E-state index in [0.717, 1.165) is 12.5 Å². The second-order valence-electron chi connectivity index (χ2n) is 4.36. The molecule has 0 saturated carbocycles. The number of halogens is 1. The van der Waals surface area contributed by atoms with Crippen molar-refractivity contribution in [3.63, 3.8) is 0 Å². The third kappa shape index (κ3) is 2.18. The SMILES string of the molecule is Cc1cc(Br)cc(C2CC(C)CN2)c1. The van der Waals surface area contributed by atoms with Crippen molar-refractivity contribution in [2.45, 2.75) is 26.3 Å². The van der Waals surface area contributed by atoms with Crippen LogP contribution in [0.2, 0.25) is 0 Å². The number of nitrogens with one attached hydrogen (secondary N) is 1. The zero-order chi connectivity index (χ0) is 10.1. The molecule has 76 valence electrons. The predicted molar refractivity (Wildman–Crippen MR) is 63.4 cm³/mol. The van der Waals surface area contributed by atoms with E-state index >= 15 is 0 Å². The van der Waals surface area contributed by atoms with Crippen LogP contribution in [0.5, 0.6) is 0 Å². The maximum atomic E-state index is 3.56. The Morgan fingerprint density at radius 2 is 2.14 bits per heavy atom. The largest absolute Gasteiger partial charge is 0.310 e. The van der Waals surface area contributed by atoms with Crippen LogP contribution < -0.4 is 5.32 Å². The number of hydrogen-bond acceptors (Lipinski definition) is 1. The Morgan fingerprint density at radius 1 is 1.36 bits per heavy atom. The van der Waals surface area contributed by atoms with Crippen LogP contribution >= 0.6 is 15.9 Å². The summed E-state index contributed by atoms with van der Waals surface area (Å²) in [7, 11) is 0. The second-order valence-corrected chi connectivity index (χ2v) is 5.28. The molecule has 1 N–H and O–H groups in total. The molecule has 1 saturated heterocycles. The van der Waals surface area contributed by atoms with Crippen LogP contribution in [-0.4, -0.2) is 6.54 Å². The molecule has 1 aliphatic heterocycles. The lowest BCUT2D eigenvalue weighted by atomic mass is 10.00. The molecule has 1 aromatic rings. The van der Waals surface area contributed by atoms with Crippen LogP contribution in [0.3, 0.4) is 0 Å². The molecule has 2 heteroatoms. The van der Waals surface area contributed by atoms with Crippen LogP contribution in [-0.2, 0) is 0 Å². The van der Waals surface area contributed by atoms with Crippen LogP contribution in [0.4, 0.5) is 0 Å². The summed E-state index contributed by atoms with van der Waals surface area (Å²) in [5.74, 6) is 0.805. The summed E-state index contributed by atoms with van der Waals surface area (Å²) in [6.07, 6.45) is 1.26. The Hall–Kier alpha value is -0.340. The first-order valence-electron chi connectivity index (χ1n) is 5.15. The number of rotatable bonds is 1. The zero-order valence-corrected chi connectivity index (χ0v) is 10.3. The minimum Gasteiger partial charge on any atom is -0.310 e. The van der Waals surface area contributed by atoms with Gasteiger partial charge < -0.3 is 5.32 Å². The normalized spacial score (nSPS) is 26.8. The van der Waals surface area contributed by atoms with Crippen molar-refractivity contribution < 1.29 is 0 Å². The average molecular weight is 254 g/mol. The molecule has 1 aromatic carbocycles. The summed E-state index contributed by atoms with van der Waals surface area (Å²) < 4.78 is 1.19. The highest BCUT2D eigenvalue weighted by Gasteiger charge is 2.21. The average Bonchev–Trinajstić information content (AvgIpc) is 2.50. The summed E-state index contributed by atoms with van der Waals surface area (Å²) in [6.45, 7) is 5.60. The van der Waals surface area contributed by atoms with E-state index in [4.69, 9.17) is 0 Å². The van der Waals surface area contributed by atoms with Gasteiger partial charge in [0.1, 0.15) is 0 Å². The zero-order valence-electron chi connectivity index (χ0n) is 8.68. The van der Waals surface area contributed by atoms with Gasteiger partial charge in [0.05, 0.1) is 0 Å². The molecule has 0 spiro atoms. The smallest absolute Gasteiger partial charge is 0.0323 e. The Morgan fingerprint density at radius 3 is 2.71 bits per heavy atom. The quantitative estimate of drug-likeness (QED) is 0.809. The highest BCUT2D eigenvalue weighted by atomic mass is 79.9. The maximum absolute atomic E-state index is 3.56. The molecule has 0 radical (unpaired) electrons. The molecule has 2 rings (SSSR count). The van der Waals surface area contributed by atoms with Crippen molar-refractivity contribution >= 4 is 15.9 Å². The third-order valence-electron chi connectivity index (χ3n) is 2.82. The van der Waals surface area contributed by atoms with Gasteiger partial charge in [0, 0.05) is 10.5 Å². The van der Waals surface area contributed by atoms with E-state index in [1.54, 1.807) is 0 Å². The van der Waals surface area contributed by atoms with Crippen molar-refractivity contribution in [1.29, 1.82) is 0 Å². The van der Waals surface area contributed by atoms with Gasteiger partial charge in [-0.1, -0.05) is 28.9 Å². The summed E-state index contributed by atoms with van der Waals surface area (Å²) in [5.41, 5.74) is 2.75. The highest BCUT2D eigenvalue weighted by molar-refractivity contribution is 9.10. The van der Waals surface area contributed by atoms with E-state index in [1.807, 2.05) is 0 Å². The van der Waals surface area contributed by atoms with E-state index in [1.165, 1.54) is 22.0 Å². The molecule has 0 bridgehead atoms. The van der Waals surface area contributed by atoms with Crippen LogP contribution in [0, 0.1) is 12.8 Å². The number of hydrogen-bond donors (Lipinski definition) is 1. The molecular weight excluding hydrogens is 238 g/mol. The van der Waals surface area contributed by atoms with E-state index in [2.05, 4.69) is 53.3 Å². The molecule has 1 nitrogen and oxygen atoms in total. The van der Waals surface area contributed by atoms with Gasteiger partial charge in [-0.3, -0.25) is 0 Å². The van der Waals surface area contributed by atoms with Crippen LogP contribution in [0.25, 0.3) is 0 Å². The first-order valence-corrected chi connectivity index (χ1v) is 5.95. The van der Waals surface area contributed by atoms with E-state index < -0.39 is 0 Å². The molecule has 1 fully saturated rings. The lowest BCUT2D eigenvalue weighted by Gasteiger charge is -2.12. The topological polar surface area (TPSA) is 12.0 Å². The van der Waals surface area contributed by atoms with E-state index in [-0.39, 0.29) is 0 Å². The summed E-state index contributed by atoms with van der Waals surface area (Å²) >= 11 is 3.55. The Labute approximate surface area is 94.0 Å². The molecule has 2 atom stereocenters. The maximum Gasteiger partial charge on any atom is 0.0323 e. The van der Waals surface area contributed by atoms with Gasteiger partial charge in [-0.2, -0.15) is 0 Å². The molecule has 0 aromatic heterocycles. The first kappa shape index (κ1) is 10.2. The standard InChI is InChI=1S/C12H16BrN/c1-8-3-10(6-11(13)4-8)12-5-9(2)7-14-12/h3-4,6,9,12,14H,5,7H2,1-2H3. The van der Waals surface area contributed by atoms with Gasteiger partial charge in [-0.15, -0.1) is 0 Å². The highest BCUT2D eigenvalue weighted by Crippen LogP contribution is 2.29. The fourth-order valence-electron chi connectivity index (χ4n) is 2.13. The monoisotopic (exact) mass is 253 g/mol. The molecule has 0 aliphatic carbocycles. The lowest BCUT2D eigenvalue weighted by Crippen LogP contribution is -2.13. The Bertz CT molecular complexity index is 315. The second kappa shape index (κ2) is 4.03. The van der Waals surface area contributed by atoms with Crippen LogP contribution in [0.15, 0.2) is 22.7 Å². The third-order valence-corrected chi connectivity index (χ3v) is 3.28. The van der Waals surface area contributed by atoms with Gasteiger partial charge in [0.2, 0.25) is 0 Å². The van der Waals surface area contributed by atoms with E-state index in [9.17, 15) is 0 Å². The van der Waals surface area contributed by atoms with Crippen molar-refractivity contribution in [3.05, 3.63) is 33.8 Å².